The van der Waals surface area contributed by atoms with Crippen LogP contribution in [-0.2, 0) is 21.7 Å². The molecule has 0 aromatic rings. The number of unbranched alkanes of at least 4 members (excludes halogenated alkanes) is 3. The fourth-order valence-electron chi connectivity index (χ4n) is 0.474. The van der Waals surface area contributed by atoms with E-state index in [1.54, 1.807) is 0 Å². The summed E-state index contributed by atoms with van der Waals surface area (Å²) in [7, 11) is 0. The van der Waals surface area contributed by atoms with E-state index >= 15 is 0 Å². The smallest absolute Gasteiger partial charge is 0.0430 e. The van der Waals surface area contributed by atoms with Gasteiger partial charge in [-0.25, -0.2) is 0 Å². The number of hydrogen-bond acceptors (Lipinski definition) is 3. The molecule has 0 rings (SSSR count). The monoisotopic (exact) mass is 350 g/mol. The van der Waals surface area contributed by atoms with Crippen molar-refractivity contribution in [3.05, 3.63) is 0 Å². The van der Waals surface area contributed by atoms with Crippen LogP contribution in [0.5, 0.6) is 0 Å². The third kappa shape index (κ3) is 77.5. The fourth-order valence-corrected chi connectivity index (χ4v) is 0.474. The summed E-state index contributed by atoms with van der Waals surface area (Å²) in [4.78, 5) is 0. The Morgan fingerprint density at radius 3 is 0.765 bits per heavy atom. The predicted molar refractivity (Wildman–Crippen MR) is 76.3 cm³/mol. The summed E-state index contributed by atoms with van der Waals surface area (Å²) in [5.41, 5.74) is 0. The molecule has 0 saturated carbocycles. The topological polar surface area (TPSA) is 60.7 Å². The quantitative estimate of drug-likeness (QED) is 0.645. The molecule has 108 valence electrons. The van der Waals surface area contributed by atoms with Crippen molar-refractivity contribution < 1.29 is 37.0 Å². The van der Waals surface area contributed by atoms with Gasteiger partial charge >= 0.3 is 0 Å². The summed E-state index contributed by atoms with van der Waals surface area (Å²) in [6.45, 7) is 7.19. The summed E-state index contributed by atoms with van der Waals surface area (Å²) in [6, 6.07) is 0. The number of aliphatic hydroxyl groups is 3. The summed E-state index contributed by atoms with van der Waals surface area (Å²) < 4.78 is 0. The molecule has 5 heteroatoms. The summed E-state index contributed by atoms with van der Waals surface area (Å²) in [5.74, 6) is 0. The molecule has 0 aromatic heterocycles. The second-order valence-corrected chi connectivity index (χ2v) is 3.23. The van der Waals surface area contributed by atoms with Crippen LogP contribution in [0.2, 0.25) is 0 Å². The molecule has 0 heterocycles. The first-order valence-corrected chi connectivity index (χ1v) is 6.07. The fraction of sp³-hybridized carbons (Fsp3) is 1.00. The van der Waals surface area contributed by atoms with Gasteiger partial charge < -0.3 is 15.3 Å². The van der Waals surface area contributed by atoms with Gasteiger partial charge in [0, 0.05) is 41.5 Å². The SMILES string of the molecule is Br.CCCCO.CCCCO.CCCCO.[Ti]. The van der Waals surface area contributed by atoms with Crippen LogP contribution in [-0.4, -0.2) is 35.1 Å². The molecule has 0 unspecified atom stereocenters. The second-order valence-electron chi connectivity index (χ2n) is 3.23. The first-order chi connectivity index (χ1) is 7.24. The number of hydrogen-bond donors (Lipinski definition) is 3. The Morgan fingerprint density at radius 2 is 0.765 bits per heavy atom. The molecule has 3 N–H and O–H groups in total. The Balaban J connectivity index is -0.0000000400. The molecule has 3 nitrogen and oxygen atoms in total. The van der Waals surface area contributed by atoms with Crippen molar-refractivity contribution in [2.45, 2.75) is 59.3 Å². The van der Waals surface area contributed by atoms with Crippen molar-refractivity contribution >= 4 is 17.0 Å². The zero-order valence-corrected chi connectivity index (χ0v) is 14.9. The van der Waals surface area contributed by atoms with Crippen LogP contribution in [0.1, 0.15) is 59.3 Å². The van der Waals surface area contributed by atoms with E-state index in [1.165, 1.54) is 0 Å². The molecule has 0 aromatic carbocycles. The van der Waals surface area contributed by atoms with E-state index < -0.39 is 0 Å². The molecular formula is C12H31BrO3Ti. The van der Waals surface area contributed by atoms with E-state index in [4.69, 9.17) is 15.3 Å². The van der Waals surface area contributed by atoms with Gasteiger partial charge in [0.1, 0.15) is 0 Å². The molecule has 0 radical (unpaired) electrons. The van der Waals surface area contributed by atoms with Crippen molar-refractivity contribution in [3.8, 4) is 0 Å². The van der Waals surface area contributed by atoms with Gasteiger partial charge in [-0.05, 0) is 19.3 Å². The number of halogens is 1. The molecule has 0 amide bonds. The van der Waals surface area contributed by atoms with Gasteiger partial charge in [0.25, 0.3) is 0 Å². The summed E-state index contributed by atoms with van der Waals surface area (Å²) in [5, 5.41) is 24.2. The second kappa shape index (κ2) is 43.5. The van der Waals surface area contributed by atoms with Crippen molar-refractivity contribution in [2.24, 2.45) is 0 Å². The molecule has 0 aliphatic heterocycles. The van der Waals surface area contributed by atoms with Crippen LogP contribution in [0.25, 0.3) is 0 Å². The van der Waals surface area contributed by atoms with Gasteiger partial charge in [0.15, 0.2) is 0 Å². The maximum Gasteiger partial charge on any atom is 0.0430 e. The molecule has 0 fully saturated rings. The van der Waals surface area contributed by atoms with Crippen LogP contribution in [0.4, 0.5) is 0 Å². The van der Waals surface area contributed by atoms with Crippen molar-refractivity contribution in [1.29, 1.82) is 0 Å². The minimum atomic E-state index is 0. The molecule has 0 bridgehead atoms. The zero-order valence-electron chi connectivity index (χ0n) is 11.6. The maximum atomic E-state index is 8.07. The number of aliphatic hydroxyl groups excluding tert-OH is 3. The van der Waals surface area contributed by atoms with Gasteiger partial charge in [-0.2, -0.15) is 0 Å². The minimum Gasteiger partial charge on any atom is -0.396 e. The molecular weight excluding hydrogens is 320 g/mol. The largest absolute Gasteiger partial charge is 0.396 e. The van der Waals surface area contributed by atoms with Crippen LogP contribution in [0.3, 0.4) is 0 Å². The van der Waals surface area contributed by atoms with Gasteiger partial charge in [-0.1, -0.05) is 40.0 Å². The van der Waals surface area contributed by atoms with E-state index in [0.717, 1.165) is 38.5 Å². The average molecular weight is 351 g/mol. The normalized spacial score (nSPS) is 7.41. The molecule has 17 heavy (non-hydrogen) atoms. The third-order valence-electron chi connectivity index (χ3n) is 1.54. The summed E-state index contributed by atoms with van der Waals surface area (Å²) >= 11 is 0. The minimum absolute atomic E-state index is 0. The van der Waals surface area contributed by atoms with Gasteiger partial charge in [-0.3, -0.25) is 0 Å². The third-order valence-corrected chi connectivity index (χ3v) is 1.54. The van der Waals surface area contributed by atoms with Crippen LogP contribution in [0, 0.1) is 0 Å². The Bertz CT molecular complexity index is 58.5. The van der Waals surface area contributed by atoms with Crippen LogP contribution >= 0.6 is 17.0 Å². The van der Waals surface area contributed by atoms with E-state index in [2.05, 4.69) is 20.8 Å². The average Bonchev–Trinajstić information content (AvgIpc) is 2.23. The molecule has 0 aliphatic carbocycles. The Labute approximate surface area is 133 Å². The number of rotatable bonds is 6. The van der Waals surface area contributed by atoms with Crippen molar-refractivity contribution in [1.82, 2.24) is 0 Å². The molecule has 0 atom stereocenters. The maximum absolute atomic E-state index is 8.07. The Morgan fingerprint density at radius 1 is 0.588 bits per heavy atom. The van der Waals surface area contributed by atoms with Gasteiger partial charge in [0.2, 0.25) is 0 Å². The first-order valence-electron chi connectivity index (χ1n) is 6.07. The standard InChI is InChI=1S/3C4H10O.BrH.Ti/c3*1-2-3-4-5;;/h3*5H,2-4H2,1H3;1H;. The zero-order chi connectivity index (χ0) is 12.4. The van der Waals surface area contributed by atoms with Gasteiger partial charge in [0.05, 0.1) is 0 Å². The molecule has 0 saturated heterocycles. The Kier molecular flexibility index (Phi) is 78.8. The van der Waals surface area contributed by atoms with Gasteiger partial charge in [-0.15, -0.1) is 17.0 Å². The van der Waals surface area contributed by atoms with Crippen LogP contribution in [0.15, 0.2) is 0 Å². The first kappa shape index (κ1) is 30.8. The van der Waals surface area contributed by atoms with E-state index in [9.17, 15) is 0 Å². The molecule has 0 spiro atoms. The summed E-state index contributed by atoms with van der Waals surface area (Å²) in [6.07, 6.45) is 6.11. The van der Waals surface area contributed by atoms with Crippen molar-refractivity contribution in [3.63, 3.8) is 0 Å². The van der Waals surface area contributed by atoms with E-state index in [-0.39, 0.29) is 38.7 Å². The van der Waals surface area contributed by atoms with Crippen LogP contribution < -0.4 is 0 Å². The predicted octanol–water partition coefficient (Wildman–Crippen LogP) is 2.91. The Hall–Kier alpha value is 1.07. The van der Waals surface area contributed by atoms with Crippen molar-refractivity contribution in [2.75, 3.05) is 19.8 Å². The molecule has 0 aliphatic rings. The van der Waals surface area contributed by atoms with E-state index in [0.29, 0.717) is 19.8 Å². The van der Waals surface area contributed by atoms with E-state index in [1.807, 2.05) is 0 Å².